The fourth-order valence-corrected chi connectivity index (χ4v) is 1.49. The summed E-state index contributed by atoms with van der Waals surface area (Å²) in [5.74, 6) is 0.0861. The number of ether oxygens (including phenoxy) is 2. The lowest BCUT2D eigenvalue weighted by molar-refractivity contribution is -0.151. The summed E-state index contributed by atoms with van der Waals surface area (Å²) in [5.41, 5.74) is 0.821. The molecule has 1 heterocycles. The Morgan fingerprint density at radius 2 is 2.18 bits per heavy atom. The van der Waals surface area contributed by atoms with E-state index in [9.17, 15) is 4.79 Å². The molecular formula is C12H16BrNO3. The molecule has 0 bridgehead atoms. The summed E-state index contributed by atoms with van der Waals surface area (Å²) in [6, 6.07) is 3.56. The van der Waals surface area contributed by atoms with Crippen LogP contribution in [0.4, 0.5) is 0 Å². The zero-order valence-corrected chi connectivity index (χ0v) is 11.8. The van der Waals surface area contributed by atoms with Gasteiger partial charge >= 0.3 is 5.97 Å². The third-order valence-corrected chi connectivity index (χ3v) is 3.02. The maximum atomic E-state index is 11.5. The Labute approximate surface area is 109 Å². The van der Waals surface area contributed by atoms with Crippen LogP contribution in [-0.2, 0) is 9.53 Å². The second-order valence-electron chi connectivity index (χ2n) is 3.48. The molecule has 1 aromatic rings. The van der Waals surface area contributed by atoms with E-state index in [2.05, 4.69) is 20.9 Å². The van der Waals surface area contributed by atoms with Crippen LogP contribution in [0.25, 0.3) is 0 Å². The molecule has 1 rings (SSSR count). The fourth-order valence-electron chi connectivity index (χ4n) is 1.27. The van der Waals surface area contributed by atoms with Gasteiger partial charge in [-0.15, -0.1) is 0 Å². The standard InChI is InChI=1S/C12H16BrNO3/c1-4-10(12(15)16-5-2)17-11-7-6-9(13)8(3)14-11/h6-7,10H,4-5H2,1-3H3. The van der Waals surface area contributed by atoms with Crippen LogP contribution in [0.2, 0.25) is 0 Å². The molecule has 94 valence electrons. The molecular weight excluding hydrogens is 286 g/mol. The Morgan fingerprint density at radius 3 is 2.71 bits per heavy atom. The van der Waals surface area contributed by atoms with Crippen molar-refractivity contribution in [1.82, 2.24) is 4.98 Å². The Balaban J connectivity index is 2.73. The molecule has 17 heavy (non-hydrogen) atoms. The summed E-state index contributed by atoms with van der Waals surface area (Å²) in [5, 5.41) is 0. The fraction of sp³-hybridized carbons (Fsp3) is 0.500. The minimum Gasteiger partial charge on any atom is -0.463 e. The van der Waals surface area contributed by atoms with Gasteiger partial charge in [-0.2, -0.15) is 0 Å². The predicted octanol–water partition coefficient (Wildman–Crippen LogP) is 2.87. The van der Waals surface area contributed by atoms with Crippen molar-refractivity contribution in [2.24, 2.45) is 0 Å². The van der Waals surface area contributed by atoms with Crippen molar-refractivity contribution in [3.05, 3.63) is 22.3 Å². The average Bonchev–Trinajstić information content (AvgIpc) is 2.30. The van der Waals surface area contributed by atoms with Crippen LogP contribution >= 0.6 is 15.9 Å². The van der Waals surface area contributed by atoms with Gasteiger partial charge in [-0.25, -0.2) is 9.78 Å². The Bertz CT molecular complexity index is 395. The Hall–Kier alpha value is -1.10. The van der Waals surface area contributed by atoms with Crippen molar-refractivity contribution in [1.29, 1.82) is 0 Å². The second kappa shape index (κ2) is 6.59. The number of halogens is 1. The molecule has 0 spiro atoms. The maximum Gasteiger partial charge on any atom is 0.347 e. The molecule has 5 heteroatoms. The smallest absolute Gasteiger partial charge is 0.347 e. The number of rotatable bonds is 5. The van der Waals surface area contributed by atoms with Gasteiger partial charge in [-0.1, -0.05) is 6.92 Å². The molecule has 0 aliphatic rings. The summed E-state index contributed by atoms with van der Waals surface area (Å²) >= 11 is 3.36. The summed E-state index contributed by atoms with van der Waals surface area (Å²) in [7, 11) is 0. The van der Waals surface area contributed by atoms with Crippen LogP contribution in [0.15, 0.2) is 16.6 Å². The molecule has 0 aliphatic heterocycles. The van der Waals surface area contributed by atoms with Crippen LogP contribution < -0.4 is 4.74 Å². The number of carbonyl (C=O) groups excluding carboxylic acids is 1. The monoisotopic (exact) mass is 301 g/mol. The van der Waals surface area contributed by atoms with E-state index in [1.165, 1.54) is 0 Å². The van der Waals surface area contributed by atoms with Crippen LogP contribution in [0.3, 0.4) is 0 Å². The maximum absolute atomic E-state index is 11.5. The molecule has 0 saturated heterocycles. The lowest BCUT2D eigenvalue weighted by Crippen LogP contribution is -2.29. The normalized spacial score (nSPS) is 12.0. The number of hydrogen-bond acceptors (Lipinski definition) is 4. The largest absolute Gasteiger partial charge is 0.463 e. The van der Waals surface area contributed by atoms with E-state index in [1.54, 1.807) is 13.0 Å². The number of aromatic nitrogens is 1. The van der Waals surface area contributed by atoms with E-state index < -0.39 is 6.10 Å². The number of pyridine rings is 1. The Morgan fingerprint density at radius 1 is 1.47 bits per heavy atom. The van der Waals surface area contributed by atoms with E-state index in [4.69, 9.17) is 9.47 Å². The van der Waals surface area contributed by atoms with Gasteiger partial charge in [0.2, 0.25) is 5.88 Å². The molecule has 0 aromatic carbocycles. The first-order valence-corrected chi connectivity index (χ1v) is 6.34. The van der Waals surface area contributed by atoms with Crippen molar-refractivity contribution in [2.75, 3.05) is 6.61 Å². The average molecular weight is 302 g/mol. The lowest BCUT2D eigenvalue weighted by atomic mass is 10.3. The van der Waals surface area contributed by atoms with Crippen molar-refractivity contribution in [2.45, 2.75) is 33.3 Å². The van der Waals surface area contributed by atoms with Crippen LogP contribution in [0.5, 0.6) is 5.88 Å². The molecule has 0 N–H and O–H groups in total. The van der Waals surface area contributed by atoms with E-state index in [-0.39, 0.29) is 5.97 Å². The predicted molar refractivity (Wildman–Crippen MR) is 68.0 cm³/mol. The number of esters is 1. The Kier molecular flexibility index (Phi) is 5.41. The van der Waals surface area contributed by atoms with Gasteiger partial charge in [0.25, 0.3) is 0 Å². The first-order valence-electron chi connectivity index (χ1n) is 5.54. The molecule has 0 aliphatic carbocycles. The third kappa shape index (κ3) is 4.00. The summed E-state index contributed by atoms with van der Waals surface area (Å²) < 4.78 is 11.3. The molecule has 0 amide bonds. The van der Waals surface area contributed by atoms with Crippen molar-refractivity contribution >= 4 is 21.9 Å². The number of aryl methyl sites for hydroxylation is 1. The van der Waals surface area contributed by atoms with E-state index >= 15 is 0 Å². The van der Waals surface area contributed by atoms with Gasteiger partial charge in [-0.05, 0) is 42.3 Å². The molecule has 0 radical (unpaired) electrons. The van der Waals surface area contributed by atoms with Crippen molar-refractivity contribution in [3.8, 4) is 5.88 Å². The topological polar surface area (TPSA) is 48.4 Å². The molecule has 0 saturated carbocycles. The zero-order chi connectivity index (χ0) is 12.8. The van der Waals surface area contributed by atoms with E-state index in [0.29, 0.717) is 18.9 Å². The van der Waals surface area contributed by atoms with Gasteiger partial charge in [-0.3, -0.25) is 0 Å². The summed E-state index contributed by atoms with van der Waals surface area (Å²) in [6.45, 7) is 5.85. The number of nitrogens with zero attached hydrogens (tertiary/aromatic N) is 1. The highest BCUT2D eigenvalue weighted by molar-refractivity contribution is 9.10. The third-order valence-electron chi connectivity index (χ3n) is 2.18. The second-order valence-corrected chi connectivity index (χ2v) is 4.34. The first kappa shape index (κ1) is 14.0. The van der Waals surface area contributed by atoms with Gasteiger partial charge in [0, 0.05) is 10.5 Å². The minimum atomic E-state index is -0.594. The summed E-state index contributed by atoms with van der Waals surface area (Å²) in [6.07, 6.45) is -0.0432. The van der Waals surface area contributed by atoms with Crippen LogP contribution in [-0.4, -0.2) is 23.7 Å². The van der Waals surface area contributed by atoms with Gasteiger partial charge in [0.05, 0.1) is 12.3 Å². The highest BCUT2D eigenvalue weighted by Crippen LogP contribution is 2.19. The van der Waals surface area contributed by atoms with Crippen LogP contribution in [0, 0.1) is 6.92 Å². The zero-order valence-electron chi connectivity index (χ0n) is 10.2. The van der Waals surface area contributed by atoms with Crippen molar-refractivity contribution < 1.29 is 14.3 Å². The first-order chi connectivity index (χ1) is 8.08. The summed E-state index contributed by atoms with van der Waals surface area (Å²) in [4.78, 5) is 15.8. The highest BCUT2D eigenvalue weighted by Gasteiger charge is 2.20. The van der Waals surface area contributed by atoms with Crippen molar-refractivity contribution in [3.63, 3.8) is 0 Å². The molecule has 4 nitrogen and oxygen atoms in total. The van der Waals surface area contributed by atoms with E-state index in [1.807, 2.05) is 19.9 Å². The molecule has 1 aromatic heterocycles. The van der Waals surface area contributed by atoms with Gasteiger partial charge < -0.3 is 9.47 Å². The molecule has 1 unspecified atom stereocenters. The highest BCUT2D eigenvalue weighted by atomic mass is 79.9. The quantitative estimate of drug-likeness (QED) is 0.785. The number of carbonyl (C=O) groups is 1. The van der Waals surface area contributed by atoms with Crippen LogP contribution in [0.1, 0.15) is 26.0 Å². The lowest BCUT2D eigenvalue weighted by Gasteiger charge is -2.15. The van der Waals surface area contributed by atoms with E-state index in [0.717, 1.165) is 10.2 Å². The van der Waals surface area contributed by atoms with Gasteiger partial charge in [0.15, 0.2) is 6.10 Å². The number of hydrogen-bond donors (Lipinski definition) is 0. The SMILES string of the molecule is CCOC(=O)C(CC)Oc1ccc(Br)c(C)n1. The minimum absolute atomic E-state index is 0.350. The molecule has 0 fully saturated rings. The molecule has 1 atom stereocenters. The van der Waals surface area contributed by atoms with Gasteiger partial charge in [0.1, 0.15) is 0 Å².